The fourth-order valence-corrected chi connectivity index (χ4v) is 4.36. The Morgan fingerprint density at radius 3 is 2.58 bits per heavy atom. The highest BCUT2D eigenvalue weighted by molar-refractivity contribution is 7.98. The number of imidazole rings is 1. The lowest BCUT2D eigenvalue weighted by Crippen LogP contribution is -2.11. The van der Waals surface area contributed by atoms with E-state index in [1.807, 2.05) is 49.4 Å². The summed E-state index contributed by atoms with van der Waals surface area (Å²) in [7, 11) is 1.67. The second-order valence-electron chi connectivity index (χ2n) is 7.03. The predicted octanol–water partition coefficient (Wildman–Crippen LogP) is 6.45. The molecule has 0 saturated carbocycles. The monoisotopic (exact) mass is 430 g/mol. The van der Waals surface area contributed by atoms with Crippen molar-refractivity contribution in [1.29, 1.82) is 0 Å². The van der Waals surface area contributed by atoms with Crippen molar-refractivity contribution < 1.29 is 9.47 Å². The Kier molecular flexibility index (Phi) is 6.95. The van der Waals surface area contributed by atoms with Gasteiger partial charge in [-0.15, -0.1) is 11.8 Å². The lowest BCUT2D eigenvalue weighted by atomic mass is 10.2. The molecule has 1 aromatic heterocycles. The van der Waals surface area contributed by atoms with Gasteiger partial charge in [-0.1, -0.05) is 48.6 Å². The van der Waals surface area contributed by atoms with Gasteiger partial charge in [0, 0.05) is 4.90 Å². The number of thioether (sulfide) groups is 1. The summed E-state index contributed by atoms with van der Waals surface area (Å²) in [5.74, 6) is 3.35. The van der Waals surface area contributed by atoms with E-state index in [0.29, 0.717) is 13.2 Å². The molecule has 0 saturated heterocycles. The van der Waals surface area contributed by atoms with Crippen molar-refractivity contribution in [3.05, 3.63) is 90.3 Å². The zero-order valence-corrected chi connectivity index (χ0v) is 18.6. The first kappa shape index (κ1) is 21.1. The number of fused-ring (bicyclic) bond motifs is 1. The van der Waals surface area contributed by atoms with Crippen LogP contribution in [-0.2, 0) is 12.3 Å². The summed E-state index contributed by atoms with van der Waals surface area (Å²) in [6.45, 7) is 3.24. The quantitative estimate of drug-likeness (QED) is 0.286. The van der Waals surface area contributed by atoms with Crippen LogP contribution in [0.25, 0.3) is 17.1 Å². The Morgan fingerprint density at radius 1 is 0.968 bits per heavy atom. The molecule has 0 aliphatic rings. The largest absolute Gasteiger partial charge is 0.493 e. The first-order chi connectivity index (χ1) is 15.3. The van der Waals surface area contributed by atoms with Crippen LogP contribution < -0.4 is 9.47 Å². The number of para-hydroxylation sites is 2. The highest BCUT2D eigenvalue weighted by Crippen LogP contribution is 2.29. The van der Waals surface area contributed by atoms with Crippen LogP contribution in [0, 0.1) is 0 Å². The van der Waals surface area contributed by atoms with Gasteiger partial charge in [0.15, 0.2) is 11.5 Å². The number of methoxy groups -OCH3 is 1. The molecule has 158 valence electrons. The van der Waals surface area contributed by atoms with E-state index in [2.05, 4.69) is 47.0 Å². The number of ether oxygens (including phenoxy) is 2. The van der Waals surface area contributed by atoms with Crippen LogP contribution >= 0.6 is 11.8 Å². The number of allylic oxidation sites excluding steroid dienone is 1. The lowest BCUT2D eigenvalue weighted by molar-refractivity contribution is 0.280. The average Bonchev–Trinajstić information content (AvgIpc) is 3.17. The van der Waals surface area contributed by atoms with Gasteiger partial charge in [0.1, 0.15) is 12.4 Å². The number of benzene rings is 3. The molecule has 0 spiro atoms. The van der Waals surface area contributed by atoms with Crippen LogP contribution in [0.15, 0.2) is 83.8 Å². The van der Waals surface area contributed by atoms with Gasteiger partial charge in [0.2, 0.25) is 0 Å². The summed E-state index contributed by atoms with van der Waals surface area (Å²) in [4.78, 5) is 6.11. The predicted molar refractivity (Wildman–Crippen MR) is 129 cm³/mol. The molecule has 0 aliphatic carbocycles. The number of hydrogen-bond donors (Lipinski definition) is 0. The zero-order chi connectivity index (χ0) is 21.5. The Hall–Kier alpha value is -3.18. The van der Waals surface area contributed by atoms with E-state index in [4.69, 9.17) is 14.5 Å². The van der Waals surface area contributed by atoms with E-state index in [9.17, 15) is 0 Å². The maximum atomic E-state index is 6.10. The van der Waals surface area contributed by atoms with Crippen molar-refractivity contribution in [3.8, 4) is 11.5 Å². The van der Waals surface area contributed by atoms with E-state index in [1.54, 1.807) is 18.9 Å². The molecule has 4 rings (SSSR count). The van der Waals surface area contributed by atoms with Gasteiger partial charge in [0.05, 0.1) is 30.4 Å². The second-order valence-corrected chi connectivity index (χ2v) is 8.08. The van der Waals surface area contributed by atoms with E-state index in [-0.39, 0.29) is 0 Å². The molecule has 4 aromatic rings. The zero-order valence-electron chi connectivity index (χ0n) is 17.8. The van der Waals surface area contributed by atoms with E-state index < -0.39 is 0 Å². The van der Waals surface area contributed by atoms with Crippen LogP contribution in [0.3, 0.4) is 0 Å². The van der Waals surface area contributed by atoms with E-state index in [0.717, 1.165) is 39.7 Å². The lowest BCUT2D eigenvalue weighted by Gasteiger charge is -2.13. The summed E-state index contributed by atoms with van der Waals surface area (Å²) in [6, 6.07) is 24.7. The van der Waals surface area contributed by atoms with Gasteiger partial charge in [-0.05, 0) is 48.9 Å². The summed E-state index contributed by atoms with van der Waals surface area (Å²) < 4.78 is 13.9. The highest BCUT2D eigenvalue weighted by Gasteiger charge is 2.12. The van der Waals surface area contributed by atoms with Gasteiger partial charge in [-0.2, -0.15) is 0 Å². The minimum Gasteiger partial charge on any atom is -0.493 e. The van der Waals surface area contributed by atoms with Crippen molar-refractivity contribution in [2.24, 2.45) is 0 Å². The smallest absolute Gasteiger partial charge is 0.161 e. The topological polar surface area (TPSA) is 36.3 Å². The van der Waals surface area contributed by atoms with Crippen molar-refractivity contribution >= 4 is 28.9 Å². The summed E-state index contributed by atoms with van der Waals surface area (Å²) in [6.07, 6.45) is 4.05. The standard InChI is InChI=1S/C26H26N2O2S/c1-3-9-20-14-15-24(25(18-20)29-2)30-17-16-28-23-13-8-7-12-22(23)27-26(28)19-31-21-10-5-4-6-11-21/h3-15,18H,16-17,19H2,1-2H3/b9-3+. The van der Waals surface area contributed by atoms with Crippen LogP contribution in [-0.4, -0.2) is 23.3 Å². The number of rotatable bonds is 9. The Morgan fingerprint density at radius 2 is 1.77 bits per heavy atom. The molecular formula is C26H26N2O2S. The number of aromatic nitrogens is 2. The molecule has 0 atom stereocenters. The average molecular weight is 431 g/mol. The first-order valence-corrected chi connectivity index (χ1v) is 11.3. The van der Waals surface area contributed by atoms with E-state index in [1.165, 1.54) is 4.90 Å². The Balaban J connectivity index is 1.50. The normalized spacial score (nSPS) is 11.3. The molecule has 1 heterocycles. The third-order valence-corrected chi connectivity index (χ3v) is 5.97. The van der Waals surface area contributed by atoms with Gasteiger partial charge in [0.25, 0.3) is 0 Å². The number of nitrogens with zero attached hydrogens (tertiary/aromatic N) is 2. The van der Waals surface area contributed by atoms with Crippen LogP contribution in [0.1, 0.15) is 18.3 Å². The molecule has 31 heavy (non-hydrogen) atoms. The van der Waals surface area contributed by atoms with Gasteiger partial charge >= 0.3 is 0 Å². The molecule has 4 nitrogen and oxygen atoms in total. The number of hydrogen-bond acceptors (Lipinski definition) is 4. The van der Waals surface area contributed by atoms with Crippen LogP contribution in [0.4, 0.5) is 0 Å². The molecular weight excluding hydrogens is 404 g/mol. The molecule has 3 aromatic carbocycles. The van der Waals surface area contributed by atoms with Crippen molar-refractivity contribution in [1.82, 2.24) is 9.55 Å². The minimum atomic E-state index is 0.530. The van der Waals surface area contributed by atoms with Gasteiger partial charge in [-0.25, -0.2) is 4.98 Å². The molecule has 0 bridgehead atoms. The fourth-order valence-electron chi connectivity index (χ4n) is 3.50. The van der Waals surface area contributed by atoms with Crippen molar-refractivity contribution in [2.45, 2.75) is 24.1 Å². The van der Waals surface area contributed by atoms with Crippen LogP contribution in [0.5, 0.6) is 11.5 Å². The van der Waals surface area contributed by atoms with Crippen LogP contribution in [0.2, 0.25) is 0 Å². The molecule has 0 unspecified atom stereocenters. The maximum Gasteiger partial charge on any atom is 0.161 e. The SMILES string of the molecule is C/C=C/c1ccc(OCCn2c(CSc3ccccc3)nc3ccccc32)c(OC)c1. The summed E-state index contributed by atoms with van der Waals surface area (Å²) in [5, 5.41) is 0. The molecule has 0 aliphatic heterocycles. The van der Waals surface area contributed by atoms with Gasteiger partial charge in [-0.3, -0.25) is 0 Å². The Labute approximate surface area is 187 Å². The third kappa shape index (κ3) is 5.12. The fraction of sp³-hybridized carbons (Fsp3) is 0.192. The molecule has 0 N–H and O–H groups in total. The van der Waals surface area contributed by atoms with E-state index >= 15 is 0 Å². The first-order valence-electron chi connectivity index (χ1n) is 10.3. The second kappa shape index (κ2) is 10.2. The van der Waals surface area contributed by atoms with Gasteiger partial charge < -0.3 is 14.0 Å². The molecule has 5 heteroatoms. The summed E-state index contributed by atoms with van der Waals surface area (Å²) in [5.41, 5.74) is 3.23. The Bertz CT molecular complexity index is 1170. The molecule has 0 fully saturated rings. The maximum absolute atomic E-state index is 6.10. The molecule has 0 amide bonds. The molecule has 0 radical (unpaired) electrons. The van der Waals surface area contributed by atoms with Crippen molar-refractivity contribution in [3.63, 3.8) is 0 Å². The minimum absolute atomic E-state index is 0.530. The van der Waals surface area contributed by atoms with Crippen molar-refractivity contribution in [2.75, 3.05) is 13.7 Å². The highest BCUT2D eigenvalue weighted by atomic mass is 32.2. The third-order valence-electron chi connectivity index (χ3n) is 4.96. The summed E-state index contributed by atoms with van der Waals surface area (Å²) >= 11 is 1.79.